The minimum atomic E-state index is 0.260. The molecule has 3 heteroatoms. The van der Waals surface area contributed by atoms with Crippen molar-refractivity contribution in [2.24, 2.45) is 5.41 Å². The quantitative estimate of drug-likeness (QED) is 0.757. The molecule has 0 aliphatic rings. The fourth-order valence-electron chi connectivity index (χ4n) is 1.70. The van der Waals surface area contributed by atoms with E-state index in [1.54, 1.807) is 7.11 Å². The van der Waals surface area contributed by atoms with Gasteiger partial charge in [-0.05, 0) is 24.0 Å². The molecule has 0 spiro atoms. The summed E-state index contributed by atoms with van der Waals surface area (Å²) in [6.45, 7) is 9.19. The normalized spacial score (nSPS) is 12.0. The van der Waals surface area contributed by atoms with E-state index in [1.165, 1.54) is 0 Å². The Labute approximate surface area is 105 Å². The lowest BCUT2D eigenvalue weighted by Crippen LogP contribution is -2.30. The monoisotopic (exact) mass is 239 g/mol. The van der Waals surface area contributed by atoms with Gasteiger partial charge in [0.05, 0.1) is 6.54 Å². The van der Waals surface area contributed by atoms with Crippen LogP contribution in [0.2, 0.25) is 0 Å². The Kier molecular flexibility index (Phi) is 5.72. The average molecular weight is 239 g/mol. The van der Waals surface area contributed by atoms with Gasteiger partial charge in [0.1, 0.15) is 11.5 Å². The van der Waals surface area contributed by atoms with Crippen LogP contribution in [0, 0.1) is 5.41 Å². The van der Waals surface area contributed by atoms with Crippen molar-refractivity contribution in [1.29, 1.82) is 0 Å². The molecule has 1 N–H and O–H groups in total. The van der Waals surface area contributed by atoms with Crippen molar-refractivity contribution >= 4 is 0 Å². The van der Waals surface area contributed by atoms with Crippen LogP contribution in [0.4, 0.5) is 0 Å². The number of hydrogen-bond acceptors (Lipinski definition) is 3. The van der Waals surface area contributed by atoms with Crippen LogP contribution in [-0.4, -0.2) is 20.3 Å². The van der Waals surface area contributed by atoms with Crippen LogP contribution < -0.4 is 5.32 Å². The fraction of sp³-hybridized carbons (Fsp3) is 0.714. The highest BCUT2D eigenvalue weighted by atomic mass is 16.5. The molecule has 0 amide bonds. The number of nitrogens with one attached hydrogen (secondary N) is 1. The molecule has 0 bridgehead atoms. The lowest BCUT2D eigenvalue weighted by Gasteiger charge is -2.24. The Hall–Kier alpha value is -0.800. The van der Waals surface area contributed by atoms with Gasteiger partial charge in [-0.1, -0.05) is 20.8 Å². The summed E-state index contributed by atoms with van der Waals surface area (Å²) in [4.78, 5) is 0. The van der Waals surface area contributed by atoms with Gasteiger partial charge in [-0.3, -0.25) is 0 Å². The maximum absolute atomic E-state index is 5.64. The van der Waals surface area contributed by atoms with E-state index in [2.05, 4.69) is 26.1 Å². The highest BCUT2D eigenvalue weighted by Gasteiger charge is 2.16. The van der Waals surface area contributed by atoms with Crippen LogP contribution in [0.5, 0.6) is 0 Å². The third-order valence-corrected chi connectivity index (χ3v) is 2.95. The summed E-state index contributed by atoms with van der Waals surface area (Å²) >= 11 is 0. The molecule has 0 unspecified atom stereocenters. The van der Waals surface area contributed by atoms with E-state index in [9.17, 15) is 0 Å². The zero-order valence-electron chi connectivity index (χ0n) is 11.5. The molecule has 1 aromatic heterocycles. The molecule has 1 rings (SSSR count). The van der Waals surface area contributed by atoms with Gasteiger partial charge >= 0.3 is 0 Å². The van der Waals surface area contributed by atoms with E-state index < -0.39 is 0 Å². The lowest BCUT2D eigenvalue weighted by molar-refractivity contribution is 0.150. The lowest BCUT2D eigenvalue weighted by atomic mass is 9.90. The average Bonchev–Trinajstić information content (AvgIpc) is 2.74. The maximum atomic E-state index is 5.64. The predicted molar refractivity (Wildman–Crippen MR) is 70.1 cm³/mol. The number of hydrogen-bond donors (Lipinski definition) is 1. The van der Waals surface area contributed by atoms with E-state index in [0.29, 0.717) is 0 Å². The summed E-state index contributed by atoms with van der Waals surface area (Å²) in [5.41, 5.74) is 0.260. The Morgan fingerprint density at radius 3 is 2.59 bits per heavy atom. The first kappa shape index (κ1) is 14.3. The second-order valence-corrected chi connectivity index (χ2v) is 5.23. The molecule has 3 nitrogen and oxygen atoms in total. The summed E-state index contributed by atoms with van der Waals surface area (Å²) in [5.74, 6) is 2.07. The molecule has 0 radical (unpaired) electrons. The first-order chi connectivity index (χ1) is 8.07. The maximum Gasteiger partial charge on any atom is 0.117 e. The van der Waals surface area contributed by atoms with Crippen LogP contribution in [0.3, 0.4) is 0 Å². The summed E-state index contributed by atoms with van der Waals surface area (Å²) in [7, 11) is 1.75. The predicted octanol–water partition coefficient (Wildman–Crippen LogP) is 2.99. The van der Waals surface area contributed by atoms with Gasteiger partial charge in [0.15, 0.2) is 0 Å². The molecule has 0 aliphatic heterocycles. The van der Waals surface area contributed by atoms with Crippen LogP contribution >= 0.6 is 0 Å². The minimum Gasteiger partial charge on any atom is -0.465 e. The number of aryl methyl sites for hydroxylation is 1. The summed E-state index contributed by atoms with van der Waals surface area (Å²) in [5, 5.41) is 3.44. The van der Waals surface area contributed by atoms with E-state index in [4.69, 9.17) is 9.15 Å². The SMILES string of the molecule is CCc1ccc(CNCC(C)(C)CCOC)o1. The minimum absolute atomic E-state index is 0.260. The molecule has 1 aromatic rings. The van der Waals surface area contributed by atoms with Gasteiger partial charge < -0.3 is 14.5 Å². The van der Waals surface area contributed by atoms with Crippen molar-refractivity contribution in [3.63, 3.8) is 0 Å². The number of furan rings is 1. The van der Waals surface area contributed by atoms with E-state index >= 15 is 0 Å². The van der Waals surface area contributed by atoms with Crippen molar-refractivity contribution in [1.82, 2.24) is 5.32 Å². The van der Waals surface area contributed by atoms with Gasteiger partial charge in [-0.15, -0.1) is 0 Å². The fourth-order valence-corrected chi connectivity index (χ4v) is 1.70. The van der Waals surface area contributed by atoms with E-state index in [-0.39, 0.29) is 5.41 Å². The molecular formula is C14H25NO2. The summed E-state index contributed by atoms with van der Waals surface area (Å²) in [6.07, 6.45) is 2.02. The first-order valence-electron chi connectivity index (χ1n) is 6.34. The third kappa shape index (κ3) is 5.37. The zero-order valence-corrected chi connectivity index (χ0v) is 11.5. The van der Waals surface area contributed by atoms with Crippen molar-refractivity contribution in [3.05, 3.63) is 23.7 Å². The largest absolute Gasteiger partial charge is 0.465 e. The van der Waals surface area contributed by atoms with Gasteiger partial charge in [0.2, 0.25) is 0 Å². The topological polar surface area (TPSA) is 34.4 Å². The molecule has 0 fully saturated rings. The van der Waals surface area contributed by atoms with Crippen LogP contribution in [-0.2, 0) is 17.7 Å². The molecule has 0 atom stereocenters. The standard InChI is InChI=1S/C14H25NO2/c1-5-12-6-7-13(17-12)10-15-11-14(2,3)8-9-16-4/h6-7,15H,5,8-11H2,1-4H3. The Balaban J connectivity index is 2.26. The molecule has 0 aromatic carbocycles. The van der Waals surface area contributed by atoms with E-state index in [1.807, 2.05) is 12.1 Å². The van der Waals surface area contributed by atoms with Gasteiger partial charge in [-0.25, -0.2) is 0 Å². The smallest absolute Gasteiger partial charge is 0.117 e. The number of methoxy groups -OCH3 is 1. The zero-order chi connectivity index (χ0) is 12.7. The van der Waals surface area contributed by atoms with Crippen LogP contribution in [0.1, 0.15) is 38.7 Å². The molecule has 98 valence electrons. The number of ether oxygens (including phenoxy) is 1. The second-order valence-electron chi connectivity index (χ2n) is 5.23. The molecule has 17 heavy (non-hydrogen) atoms. The molecule has 0 aliphatic carbocycles. The van der Waals surface area contributed by atoms with Crippen LogP contribution in [0.25, 0.3) is 0 Å². The summed E-state index contributed by atoms with van der Waals surface area (Å²) < 4.78 is 10.8. The van der Waals surface area contributed by atoms with Crippen molar-refractivity contribution < 1.29 is 9.15 Å². The van der Waals surface area contributed by atoms with Crippen molar-refractivity contribution in [3.8, 4) is 0 Å². The highest BCUT2D eigenvalue weighted by Crippen LogP contribution is 2.19. The van der Waals surface area contributed by atoms with Crippen molar-refractivity contribution in [2.45, 2.75) is 40.2 Å². The van der Waals surface area contributed by atoms with Crippen molar-refractivity contribution in [2.75, 3.05) is 20.3 Å². The first-order valence-corrected chi connectivity index (χ1v) is 6.34. The Morgan fingerprint density at radius 2 is 2.00 bits per heavy atom. The Morgan fingerprint density at radius 1 is 1.29 bits per heavy atom. The van der Waals surface area contributed by atoms with Gasteiger partial charge in [0.25, 0.3) is 0 Å². The molecule has 1 heterocycles. The molecular weight excluding hydrogens is 214 g/mol. The van der Waals surface area contributed by atoms with E-state index in [0.717, 1.165) is 44.1 Å². The van der Waals surface area contributed by atoms with Gasteiger partial charge in [-0.2, -0.15) is 0 Å². The molecule has 0 saturated heterocycles. The highest BCUT2D eigenvalue weighted by molar-refractivity contribution is 5.06. The Bertz CT molecular complexity index is 318. The number of rotatable bonds is 8. The summed E-state index contributed by atoms with van der Waals surface area (Å²) in [6, 6.07) is 4.10. The van der Waals surface area contributed by atoms with Gasteiger partial charge in [0, 0.05) is 26.7 Å². The second kappa shape index (κ2) is 6.82. The third-order valence-electron chi connectivity index (χ3n) is 2.95. The van der Waals surface area contributed by atoms with Crippen LogP contribution in [0.15, 0.2) is 16.5 Å². The molecule has 0 saturated carbocycles.